The summed E-state index contributed by atoms with van der Waals surface area (Å²) in [6.07, 6.45) is 4.54. The summed E-state index contributed by atoms with van der Waals surface area (Å²) in [4.78, 5) is 26.5. The lowest BCUT2D eigenvalue weighted by Gasteiger charge is -2.05. The fraction of sp³-hybridized carbons (Fsp3) is 0. The fourth-order valence-electron chi connectivity index (χ4n) is 1.33. The van der Waals surface area contributed by atoms with Crippen LogP contribution in [0.2, 0.25) is 0 Å². The highest BCUT2D eigenvalue weighted by Crippen LogP contribution is 2.03. The average molecular weight is 215 g/mol. The minimum Gasteiger partial charge on any atom is -0.366 e. The zero-order valence-electron chi connectivity index (χ0n) is 8.33. The number of amides is 1. The molecule has 0 radical (unpaired) electrons. The Morgan fingerprint density at radius 2 is 2.12 bits per heavy atom. The predicted octanol–water partition coefficient (Wildman–Crippen LogP) is 0.331. The number of pyridine rings is 2. The van der Waals surface area contributed by atoms with Crippen LogP contribution >= 0.6 is 0 Å². The Balaban J connectivity index is 2.61. The van der Waals surface area contributed by atoms with Gasteiger partial charge in [0.1, 0.15) is 0 Å². The molecule has 5 nitrogen and oxygen atoms in total. The summed E-state index contributed by atoms with van der Waals surface area (Å²) in [6.45, 7) is 0. The van der Waals surface area contributed by atoms with E-state index < -0.39 is 5.91 Å². The van der Waals surface area contributed by atoms with Crippen LogP contribution in [0.25, 0.3) is 5.69 Å². The smallest absolute Gasteiger partial charge is 0.255 e. The maximum atomic E-state index is 11.6. The zero-order valence-corrected chi connectivity index (χ0v) is 8.33. The highest BCUT2D eigenvalue weighted by Gasteiger charge is 2.04. The van der Waals surface area contributed by atoms with Crippen molar-refractivity contribution in [1.29, 1.82) is 0 Å². The van der Waals surface area contributed by atoms with E-state index in [2.05, 4.69) is 4.98 Å². The van der Waals surface area contributed by atoms with Crippen molar-refractivity contribution in [3.8, 4) is 5.69 Å². The van der Waals surface area contributed by atoms with Gasteiger partial charge in [-0.3, -0.25) is 19.1 Å². The summed E-state index contributed by atoms with van der Waals surface area (Å²) in [5.74, 6) is -0.572. The van der Waals surface area contributed by atoms with Crippen molar-refractivity contribution in [2.75, 3.05) is 0 Å². The van der Waals surface area contributed by atoms with Gasteiger partial charge in [-0.2, -0.15) is 0 Å². The molecular formula is C11H9N3O2. The van der Waals surface area contributed by atoms with Crippen LogP contribution < -0.4 is 11.3 Å². The van der Waals surface area contributed by atoms with E-state index in [-0.39, 0.29) is 11.1 Å². The van der Waals surface area contributed by atoms with Gasteiger partial charge in [0, 0.05) is 18.5 Å². The summed E-state index contributed by atoms with van der Waals surface area (Å²) in [5, 5.41) is 0. The normalized spacial score (nSPS) is 10.0. The molecule has 0 spiro atoms. The highest BCUT2D eigenvalue weighted by atomic mass is 16.1. The van der Waals surface area contributed by atoms with Crippen LogP contribution in [0.5, 0.6) is 0 Å². The van der Waals surface area contributed by atoms with E-state index in [1.54, 1.807) is 18.3 Å². The van der Waals surface area contributed by atoms with Gasteiger partial charge in [-0.25, -0.2) is 0 Å². The first-order chi connectivity index (χ1) is 7.68. The van der Waals surface area contributed by atoms with Gasteiger partial charge in [-0.1, -0.05) is 0 Å². The number of nitrogens with zero attached hydrogens (tertiary/aromatic N) is 2. The summed E-state index contributed by atoms with van der Waals surface area (Å²) in [6, 6.07) is 6.13. The Kier molecular flexibility index (Phi) is 2.51. The van der Waals surface area contributed by atoms with Crippen LogP contribution in [0.15, 0.2) is 47.7 Å². The molecule has 0 aliphatic rings. The fourth-order valence-corrected chi connectivity index (χ4v) is 1.33. The summed E-state index contributed by atoms with van der Waals surface area (Å²) in [7, 11) is 0. The largest absolute Gasteiger partial charge is 0.366 e. The number of carbonyl (C=O) groups excluding carboxylic acids is 1. The minimum atomic E-state index is -0.572. The van der Waals surface area contributed by atoms with E-state index in [9.17, 15) is 9.59 Å². The van der Waals surface area contributed by atoms with Crippen LogP contribution in [0.1, 0.15) is 10.4 Å². The monoisotopic (exact) mass is 215 g/mol. The number of rotatable bonds is 2. The standard InChI is InChI=1S/C11H9N3O2/c12-11(16)8-3-4-10(15)14(7-8)9-2-1-5-13-6-9/h1-7H,(H2,12,16). The number of nitrogens with two attached hydrogens (primary N) is 1. The van der Waals surface area contributed by atoms with Gasteiger partial charge in [0.05, 0.1) is 17.4 Å². The van der Waals surface area contributed by atoms with E-state index in [4.69, 9.17) is 5.73 Å². The third-order valence-corrected chi connectivity index (χ3v) is 2.12. The quantitative estimate of drug-likeness (QED) is 0.784. The van der Waals surface area contributed by atoms with E-state index in [0.29, 0.717) is 5.69 Å². The van der Waals surface area contributed by atoms with Crippen molar-refractivity contribution in [3.63, 3.8) is 0 Å². The maximum Gasteiger partial charge on any atom is 0.255 e. The Labute approximate surface area is 91.2 Å². The second-order valence-electron chi connectivity index (χ2n) is 3.20. The molecular weight excluding hydrogens is 206 g/mol. The van der Waals surface area contributed by atoms with Crippen molar-refractivity contribution >= 4 is 5.91 Å². The molecule has 0 saturated carbocycles. The number of hydrogen-bond donors (Lipinski definition) is 1. The lowest BCUT2D eigenvalue weighted by molar-refractivity contribution is 0.0999. The number of primary amides is 1. The SMILES string of the molecule is NC(=O)c1ccc(=O)n(-c2cccnc2)c1. The molecule has 1 amide bonds. The van der Waals surface area contributed by atoms with Gasteiger partial charge in [0.25, 0.3) is 5.56 Å². The van der Waals surface area contributed by atoms with E-state index >= 15 is 0 Å². The number of hydrogen-bond acceptors (Lipinski definition) is 3. The van der Waals surface area contributed by atoms with Gasteiger partial charge in [-0.15, -0.1) is 0 Å². The molecule has 5 heteroatoms. The molecule has 2 N–H and O–H groups in total. The van der Waals surface area contributed by atoms with Crippen LogP contribution in [0.4, 0.5) is 0 Å². The lowest BCUT2D eigenvalue weighted by atomic mass is 10.2. The summed E-state index contributed by atoms with van der Waals surface area (Å²) in [5.41, 5.74) is 5.78. The van der Waals surface area contributed by atoms with Crippen LogP contribution in [-0.2, 0) is 0 Å². The number of carbonyl (C=O) groups is 1. The molecule has 2 heterocycles. The molecule has 16 heavy (non-hydrogen) atoms. The lowest BCUT2D eigenvalue weighted by Crippen LogP contribution is -2.20. The van der Waals surface area contributed by atoms with Crippen LogP contribution in [0.3, 0.4) is 0 Å². The molecule has 0 fully saturated rings. The van der Waals surface area contributed by atoms with Gasteiger partial charge in [0.2, 0.25) is 5.91 Å². The van der Waals surface area contributed by atoms with Gasteiger partial charge in [-0.05, 0) is 18.2 Å². The molecule has 0 unspecified atom stereocenters. The van der Waals surface area contributed by atoms with Gasteiger partial charge < -0.3 is 5.73 Å². The predicted molar refractivity (Wildman–Crippen MR) is 58.4 cm³/mol. The van der Waals surface area contributed by atoms with E-state index in [1.165, 1.54) is 29.1 Å². The second-order valence-corrected chi connectivity index (χ2v) is 3.20. The third-order valence-electron chi connectivity index (χ3n) is 2.12. The Bertz CT molecular complexity index is 575. The third kappa shape index (κ3) is 1.83. The molecule has 0 aliphatic carbocycles. The molecule has 0 bridgehead atoms. The first-order valence-electron chi connectivity index (χ1n) is 4.61. The molecule has 80 valence electrons. The summed E-state index contributed by atoms with van der Waals surface area (Å²) < 4.78 is 1.33. The van der Waals surface area contributed by atoms with Crippen molar-refractivity contribution in [2.45, 2.75) is 0 Å². The van der Waals surface area contributed by atoms with E-state index in [1.807, 2.05) is 0 Å². The van der Waals surface area contributed by atoms with Crippen LogP contribution in [0, 0.1) is 0 Å². The first-order valence-corrected chi connectivity index (χ1v) is 4.61. The number of aromatic nitrogens is 2. The second kappa shape index (κ2) is 3.98. The Morgan fingerprint density at radius 3 is 2.75 bits per heavy atom. The topological polar surface area (TPSA) is 78.0 Å². The highest BCUT2D eigenvalue weighted by molar-refractivity contribution is 5.92. The van der Waals surface area contributed by atoms with Gasteiger partial charge in [0.15, 0.2) is 0 Å². The zero-order chi connectivity index (χ0) is 11.5. The van der Waals surface area contributed by atoms with Crippen molar-refractivity contribution in [3.05, 3.63) is 58.8 Å². The van der Waals surface area contributed by atoms with Crippen molar-refractivity contribution < 1.29 is 4.79 Å². The molecule has 2 aromatic heterocycles. The van der Waals surface area contributed by atoms with Crippen molar-refractivity contribution in [1.82, 2.24) is 9.55 Å². The van der Waals surface area contributed by atoms with E-state index in [0.717, 1.165) is 0 Å². The molecule has 0 aliphatic heterocycles. The first kappa shape index (κ1) is 10.1. The Hall–Kier alpha value is -2.43. The van der Waals surface area contributed by atoms with Crippen LogP contribution in [-0.4, -0.2) is 15.5 Å². The minimum absolute atomic E-state index is 0.238. The molecule has 2 aromatic rings. The average Bonchev–Trinajstić information content (AvgIpc) is 2.30. The van der Waals surface area contributed by atoms with Gasteiger partial charge >= 0.3 is 0 Å². The molecule has 0 aromatic carbocycles. The summed E-state index contributed by atoms with van der Waals surface area (Å²) >= 11 is 0. The molecule has 0 atom stereocenters. The maximum absolute atomic E-state index is 11.6. The molecule has 0 saturated heterocycles. The molecule has 2 rings (SSSR count). The van der Waals surface area contributed by atoms with Crippen molar-refractivity contribution in [2.24, 2.45) is 5.73 Å². The Morgan fingerprint density at radius 1 is 1.31 bits per heavy atom.